The van der Waals surface area contributed by atoms with Gasteiger partial charge in [0.05, 0.1) is 0 Å². The highest BCUT2D eigenvalue weighted by Crippen LogP contribution is 2.28. The number of benzene rings is 3. The number of hydrogen-bond donors (Lipinski definition) is 3. The number of carbonyl (C=O) groups is 2. The molecule has 3 N–H and O–H groups in total. The lowest BCUT2D eigenvalue weighted by atomic mass is 10.1. The smallest absolute Gasteiger partial charge is 0.274 e. The summed E-state index contributed by atoms with van der Waals surface area (Å²) in [7, 11) is 0. The van der Waals surface area contributed by atoms with Crippen LogP contribution in [0.4, 0.5) is 11.4 Å². The van der Waals surface area contributed by atoms with E-state index in [1.165, 1.54) is 0 Å². The molecule has 1 unspecified atom stereocenters. The van der Waals surface area contributed by atoms with Gasteiger partial charge in [-0.3, -0.25) is 14.8 Å². The molecule has 0 aromatic heterocycles. The second-order valence-electron chi connectivity index (χ2n) is 6.91. The van der Waals surface area contributed by atoms with E-state index in [4.69, 9.17) is 5.21 Å². The second-order valence-corrected chi connectivity index (χ2v) is 6.91. The van der Waals surface area contributed by atoms with E-state index in [0.717, 1.165) is 22.5 Å². The van der Waals surface area contributed by atoms with E-state index >= 15 is 0 Å². The highest BCUT2D eigenvalue weighted by atomic mass is 16.5. The standard InChI is InChI=1S/C23H21N3O3/c27-22(25-29)17-9-11-19(12-10-17)24-21-13-14-26(23(21)28)20-8-4-7-18(15-20)16-5-2-1-3-6-16/h1-12,15,21,24,29H,13-14H2,(H,25,27). The molecule has 29 heavy (non-hydrogen) atoms. The molecular formula is C23H21N3O3. The summed E-state index contributed by atoms with van der Waals surface area (Å²) in [6.07, 6.45) is 0.688. The molecule has 0 radical (unpaired) electrons. The Kier molecular flexibility index (Phi) is 5.27. The molecule has 1 fully saturated rings. The zero-order valence-electron chi connectivity index (χ0n) is 15.7. The van der Waals surface area contributed by atoms with Crippen LogP contribution in [0.3, 0.4) is 0 Å². The van der Waals surface area contributed by atoms with Gasteiger partial charge in [0.15, 0.2) is 0 Å². The molecular weight excluding hydrogens is 366 g/mol. The minimum atomic E-state index is -0.571. The highest BCUT2D eigenvalue weighted by Gasteiger charge is 2.32. The van der Waals surface area contributed by atoms with Crippen LogP contribution in [0.15, 0.2) is 78.9 Å². The van der Waals surface area contributed by atoms with Gasteiger partial charge in [-0.15, -0.1) is 0 Å². The van der Waals surface area contributed by atoms with Crippen molar-refractivity contribution in [1.29, 1.82) is 0 Å². The minimum absolute atomic E-state index is 0.0207. The normalized spacial score (nSPS) is 16.0. The third kappa shape index (κ3) is 3.97. The average Bonchev–Trinajstić information content (AvgIpc) is 3.14. The van der Waals surface area contributed by atoms with Crippen LogP contribution >= 0.6 is 0 Å². The van der Waals surface area contributed by atoms with Gasteiger partial charge in [0.25, 0.3) is 5.91 Å². The van der Waals surface area contributed by atoms with Crippen LogP contribution in [-0.4, -0.2) is 29.6 Å². The molecule has 2 amide bonds. The van der Waals surface area contributed by atoms with Gasteiger partial charge in [-0.25, -0.2) is 5.48 Å². The lowest BCUT2D eigenvalue weighted by molar-refractivity contribution is -0.117. The third-order valence-electron chi connectivity index (χ3n) is 5.06. The lowest BCUT2D eigenvalue weighted by Gasteiger charge is -2.19. The van der Waals surface area contributed by atoms with E-state index in [0.29, 0.717) is 18.5 Å². The molecule has 4 rings (SSSR count). The summed E-state index contributed by atoms with van der Waals surface area (Å²) in [5, 5.41) is 11.9. The van der Waals surface area contributed by atoms with Crippen molar-refractivity contribution < 1.29 is 14.8 Å². The SMILES string of the molecule is O=C(NO)c1ccc(NC2CCN(c3cccc(-c4ccccc4)c3)C2=O)cc1. The molecule has 1 saturated heterocycles. The number of nitrogens with zero attached hydrogens (tertiary/aromatic N) is 1. The fourth-order valence-electron chi connectivity index (χ4n) is 3.54. The largest absolute Gasteiger partial charge is 0.374 e. The van der Waals surface area contributed by atoms with Crippen molar-refractivity contribution in [2.24, 2.45) is 0 Å². The van der Waals surface area contributed by atoms with Crippen LogP contribution in [0.25, 0.3) is 11.1 Å². The van der Waals surface area contributed by atoms with Crippen molar-refractivity contribution in [1.82, 2.24) is 5.48 Å². The van der Waals surface area contributed by atoms with Crippen molar-refractivity contribution in [3.63, 3.8) is 0 Å². The van der Waals surface area contributed by atoms with E-state index in [1.54, 1.807) is 34.6 Å². The van der Waals surface area contributed by atoms with E-state index in [2.05, 4.69) is 17.4 Å². The Morgan fingerprint density at radius 2 is 1.66 bits per heavy atom. The highest BCUT2D eigenvalue weighted by molar-refractivity contribution is 6.01. The molecule has 1 atom stereocenters. The van der Waals surface area contributed by atoms with E-state index in [1.807, 2.05) is 42.5 Å². The minimum Gasteiger partial charge on any atom is -0.374 e. The average molecular weight is 387 g/mol. The fraction of sp³-hybridized carbons (Fsp3) is 0.130. The summed E-state index contributed by atoms with van der Waals surface area (Å²) < 4.78 is 0. The van der Waals surface area contributed by atoms with Crippen molar-refractivity contribution in [2.75, 3.05) is 16.8 Å². The number of carbonyl (C=O) groups excluding carboxylic acids is 2. The predicted molar refractivity (Wildman–Crippen MR) is 112 cm³/mol. The maximum absolute atomic E-state index is 12.9. The summed E-state index contributed by atoms with van der Waals surface area (Å²) >= 11 is 0. The summed E-state index contributed by atoms with van der Waals surface area (Å²) in [4.78, 5) is 26.2. The van der Waals surface area contributed by atoms with Crippen LogP contribution in [0.5, 0.6) is 0 Å². The predicted octanol–water partition coefficient (Wildman–Crippen LogP) is 3.69. The van der Waals surface area contributed by atoms with Crippen molar-refractivity contribution >= 4 is 23.2 Å². The van der Waals surface area contributed by atoms with Crippen LogP contribution < -0.4 is 15.7 Å². The summed E-state index contributed by atoms with van der Waals surface area (Å²) in [6.45, 7) is 0.639. The Labute approximate surface area is 168 Å². The first-order valence-electron chi connectivity index (χ1n) is 9.43. The molecule has 0 aliphatic carbocycles. The van der Waals surface area contributed by atoms with Crippen LogP contribution in [0.1, 0.15) is 16.8 Å². The van der Waals surface area contributed by atoms with Crippen molar-refractivity contribution in [3.8, 4) is 11.1 Å². The zero-order chi connectivity index (χ0) is 20.2. The number of hydrogen-bond acceptors (Lipinski definition) is 4. The maximum atomic E-state index is 12.9. The number of rotatable bonds is 5. The Morgan fingerprint density at radius 3 is 2.38 bits per heavy atom. The first-order chi connectivity index (χ1) is 14.2. The molecule has 0 bridgehead atoms. The molecule has 146 valence electrons. The molecule has 1 aliphatic heterocycles. The second kappa shape index (κ2) is 8.16. The van der Waals surface area contributed by atoms with Gasteiger partial charge in [-0.2, -0.15) is 0 Å². The Bertz CT molecular complexity index is 1020. The number of hydroxylamine groups is 1. The van der Waals surface area contributed by atoms with Crippen LogP contribution in [0, 0.1) is 0 Å². The van der Waals surface area contributed by atoms with E-state index in [9.17, 15) is 9.59 Å². The van der Waals surface area contributed by atoms with E-state index < -0.39 is 5.91 Å². The van der Waals surface area contributed by atoms with Gasteiger partial charge >= 0.3 is 0 Å². The van der Waals surface area contributed by atoms with Gasteiger partial charge in [0.1, 0.15) is 6.04 Å². The molecule has 0 saturated carbocycles. The topological polar surface area (TPSA) is 81.7 Å². The molecule has 6 heteroatoms. The molecule has 3 aromatic carbocycles. The molecule has 1 aliphatic rings. The summed E-state index contributed by atoms with van der Waals surface area (Å²) in [5.74, 6) is -0.551. The quantitative estimate of drug-likeness (QED) is 0.461. The Hall–Kier alpha value is -3.64. The third-order valence-corrected chi connectivity index (χ3v) is 5.06. The van der Waals surface area contributed by atoms with Gasteiger partial charge in [-0.05, 0) is 53.9 Å². The summed E-state index contributed by atoms with van der Waals surface area (Å²) in [5.41, 5.74) is 5.76. The number of amides is 2. The number of anilines is 2. The maximum Gasteiger partial charge on any atom is 0.274 e. The lowest BCUT2D eigenvalue weighted by Crippen LogP contribution is -2.33. The monoisotopic (exact) mass is 387 g/mol. The van der Waals surface area contributed by atoms with Crippen LogP contribution in [0.2, 0.25) is 0 Å². The number of nitrogens with one attached hydrogen (secondary N) is 2. The Morgan fingerprint density at radius 1 is 0.931 bits per heavy atom. The fourth-order valence-corrected chi connectivity index (χ4v) is 3.54. The van der Waals surface area contributed by atoms with Gasteiger partial charge in [0.2, 0.25) is 5.91 Å². The van der Waals surface area contributed by atoms with Crippen molar-refractivity contribution in [2.45, 2.75) is 12.5 Å². The summed E-state index contributed by atoms with van der Waals surface area (Å²) in [6, 6.07) is 24.4. The molecule has 1 heterocycles. The molecule has 3 aromatic rings. The zero-order valence-corrected chi connectivity index (χ0v) is 15.7. The van der Waals surface area contributed by atoms with E-state index in [-0.39, 0.29) is 11.9 Å². The van der Waals surface area contributed by atoms with Gasteiger partial charge in [-0.1, -0.05) is 42.5 Å². The molecule has 6 nitrogen and oxygen atoms in total. The van der Waals surface area contributed by atoms with Crippen molar-refractivity contribution in [3.05, 3.63) is 84.4 Å². The molecule has 0 spiro atoms. The first kappa shape index (κ1) is 18.7. The Balaban J connectivity index is 1.47. The first-order valence-corrected chi connectivity index (χ1v) is 9.43. The van der Waals surface area contributed by atoms with Gasteiger partial charge < -0.3 is 10.2 Å². The van der Waals surface area contributed by atoms with Crippen LogP contribution in [-0.2, 0) is 4.79 Å². The van der Waals surface area contributed by atoms with Gasteiger partial charge in [0, 0.05) is 23.5 Å².